The molecule has 0 atom stereocenters. The summed E-state index contributed by atoms with van der Waals surface area (Å²) in [6, 6.07) is 18.1. The molecule has 1 aliphatic carbocycles. The highest BCUT2D eigenvalue weighted by atomic mass is 79.9. The molecule has 1 heterocycles. The molecule has 0 bridgehead atoms. The number of rotatable bonds is 7. The quantitative estimate of drug-likeness (QED) is 0.485. The number of aromatic nitrogens is 3. The van der Waals surface area contributed by atoms with Gasteiger partial charge in [-0.2, -0.15) is 0 Å². The summed E-state index contributed by atoms with van der Waals surface area (Å²) >= 11 is 4.99. The summed E-state index contributed by atoms with van der Waals surface area (Å²) < 4.78 is 3.11. The summed E-state index contributed by atoms with van der Waals surface area (Å²) in [4.78, 5) is 14.4. The molecule has 0 aliphatic heterocycles. The summed E-state index contributed by atoms with van der Waals surface area (Å²) in [6.07, 6.45) is 2.31. The standard InChI is InChI=1S/C21H21BrN4OS/c1-25(13-16-7-5-6-10-18(16)22)19(27)14-28-21-24-23-20(15-11-12-15)26(21)17-8-3-2-4-9-17/h2-10,15H,11-14H2,1H3. The van der Waals surface area contributed by atoms with Crippen molar-refractivity contribution < 1.29 is 4.79 Å². The molecule has 5 nitrogen and oxygen atoms in total. The number of thioether (sulfide) groups is 1. The van der Waals surface area contributed by atoms with Gasteiger partial charge in [-0.05, 0) is 36.6 Å². The average Bonchev–Trinajstić information content (AvgIpc) is 3.47. The zero-order chi connectivity index (χ0) is 19.5. The third-order valence-electron chi connectivity index (χ3n) is 4.73. The predicted octanol–water partition coefficient (Wildman–Crippen LogP) is 4.66. The van der Waals surface area contributed by atoms with E-state index in [4.69, 9.17) is 0 Å². The summed E-state index contributed by atoms with van der Waals surface area (Å²) in [5.41, 5.74) is 2.14. The highest BCUT2D eigenvalue weighted by Crippen LogP contribution is 2.41. The predicted molar refractivity (Wildman–Crippen MR) is 115 cm³/mol. The minimum atomic E-state index is 0.0661. The molecule has 0 unspecified atom stereocenters. The van der Waals surface area contributed by atoms with Gasteiger partial charge in [0, 0.05) is 29.7 Å². The number of para-hydroxylation sites is 1. The van der Waals surface area contributed by atoms with E-state index in [0.29, 0.717) is 18.2 Å². The van der Waals surface area contributed by atoms with E-state index in [2.05, 4.69) is 42.8 Å². The lowest BCUT2D eigenvalue weighted by molar-refractivity contribution is -0.127. The van der Waals surface area contributed by atoms with Crippen LogP contribution in [0.15, 0.2) is 64.2 Å². The van der Waals surface area contributed by atoms with Crippen LogP contribution < -0.4 is 0 Å². The van der Waals surface area contributed by atoms with Gasteiger partial charge in [0.2, 0.25) is 5.91 Å². The van der Waals surface area contributed by atoms with Gasteiger partial charge < -0.3 is 4.90 Å². The molecule has 1 fully saturated rings. The molecule has 0 saturated heterocycles. The van der Waals surface area contributed by atoms with Crippen LogP contribution in [0, 0.1) is 0 Å². The van der Waals surface area contributed by atoms with Crippen LogP contribution in [0.25, 0.3) is 5.69 Å². The molecule has 28 heavy (non-hydrogen) atoms. The number of carbonyl (C=O) groups is 1. The maximum atomic E-state index is 12.7. The average molecular weight is 457 g/mol. The second-order valence-corrected chi connectivity index (χ2v) is 8.71. The van der Waals surface area contributed by atoms with Crippen LogP contribution in [0.3, 0.4) is 0 Å². The Bertz CT molecular complexity index is 972. The smallest absolute Gasteiger partial charge is 0.233 e. The Hall–Kier alpha value is -2.12. The van der Waals surface area contributed by atoms with Crippen LogP contribution >= 0.6 is 27.7 Å². The van der Waals surface area contributed by atoms with Crippen molar-refractivity contribution in [2.45, 2.75) is 30.5 Å². The largest absolute Gasteiger partial charge is 0.341 e. The molecule has 0 radical (unpaired) electrons. The first-order valence-corrected chi connectivity index (χ1v) is 11.0. The first-order chi connectivity index (χ1) is 13.6. The fourth-order valence-electron chi connectivity index (χ4n) is 3.01. The molecule has 4 rings (SSSR count). The number of carbonyl (C=O) groups excluding carboxylic acids is 1. The highest BCUT2D eigenvalue weighted by molar-refractivity contribution is 9.10. The van der Waals surface area contributed by atoms with E-state index < -0.39 is 0 Å². The molecule has 1 aromatic heterocycles. The van der Waals surface area contributed by atoms with E-state index in [1.165, 1.54) is 11.8 Å². The zero-order valence-electron chi connectivity index (χ0n) is 15.6. The number of benzene rings is 2. The number of nitrogens with zero attached hydrogens (tertiary/aromatic N) is 4. The third kappa shape index (κ3) is 4.31. The molecule has 1 saturated carbocycles. The van der Waals surface area contributed by atoms with Gasteiger partial charge in [0.1, 0.15) is 5.82 Å². The lowest BCUT2D eigenvalue weighted by Gasteiger charge is -2.18. The normalized spacial score (nSPS) is 13.5. The molecule has 1 amide bonds. The van der Waals surface area contributed by atoms with Gasteiger partial charge in [-0.25, -0.2) is 0 Å². The Balaban J connectivity index is 1.46. The molecule has 1 aliphatic rings. The fraction of sp³-hybridized carbons (Fsp3) is 0.286. The molecule has 0 spiro atoms. The van der Waals surface area contributed by atoms with Crippen LogP contribution in [0.1, 0.15) is 30.1 Å². The zero-order valence-corrected chi connectivity index (χ0v) is 18.0. The van der Waals surface area contributed by atoms with Gasteiger partial charge in [-0.15, -0.1) is 10.2 Å². The van der Waals surface area contributed by atoms with Gasteiger partial charge >= 0.3 is 0 Å². The SMILES string of the molecule is CN(Cc1ccccc1Br)C(=O)CSc1nnc(C2CC2)n1-c1ccccc1. The molecule has 144 valence electrons. The van der Waals surface area contributed by atoms with Crippen molar-refractivity contribution >= 4 is 33.6 Å². The van der Waals surface area contributed by atoms with Crippen molar-refractivity contribution in [3.05, 3.63) is 70.5 Å². The van der Waals surface area contributed by atoms with Crippen molar-refractivity contribution in [1.82, 2.24) is 19.7 Å². The van der Waals surface area contributed by atoms with E-state index >= 15 is 0 Å². The van der Waals surface area contributed by atoms with Crippen molar-refractivity contribution in [1.29, 1.82) is 0 Å². The second kappa shape index (κ2) is 8.49. The number of hydrogen-bond donors (Lipinski definition) is 0. The van der Waals surface area contributed by atoms with E-state index in [1.54, 1.807) is 4.90 Å². The van der Waals surface area contributed by atoms with Gasteiger partial charge in [0.15, 0.2) is 5.16 Å². The van der Waals surface area contributed by atoms with Gasteiger partial charge in [-0.3, -0.25) is 9.36 Å². The van der Waals surface area contributed by atoms with Gasteiger partial charge in [0.05, 0.1) is 5.75 Å². The van der Waals surface area contributed by atoms with Crippen LogP contribution in [-0.4, -0.2) is 38.4 Å². The van der Waals surface area contributed by atoms with Crippen LogP contribution in [0.4, 0.5) is 0 Å². The third-order valence-corrected chi connectivity index (χ3v) is 6.42. The first-order valence-electron chi connectivity index (χ1n) is 9.24. The topological polar surface area (TPSA) is 51.0 Å². The molecular formula is C21H21BrN4OS. The Morgan fingerprint density at radius 1 is 1.14 bits per heavy atom. The van der Waals surface area contributed by atoms with Crippen molar-refractivity contribution in [2.75, 3.05) is 12.8 Å². The first kappa shape index (κ1) is 19.2. The minimum Gasteiger partial charge on any atom is -0.341 e. The van der Waals surface area contributed by atoms with Crippen molar-refractivity contribution in [2.24, 2.45) is 0 Å². The Labute approximate surface area is 177 Å². The lowest BCUT2D eigenvalue weighted by Crippen LogP contribution is -2.28. The molecule has 7 heteroatoms. The van der Waals surface area contributed by atoms with Crippen molar-refractivity contribution in [3.63, 3.8) is 0 Å². The lowest BCUT2D eigenvalue weighted by atomic mass is 10.2. The monoisotopic (exact) mass is 456 g/mol. The van der Waals surface area contributed by atoms with Gasteiger partial charge in [0.25, 0.3) is 0 Å². The number of halogens is 1. The Morgan fingerprint density at radius 2 is 1.86 bits per heavy atom. The van der Waals surface area contributed by atoms with E-state index in [1.807, 2.05) is 49.5 Å². The number of amides is 1. The summed E-state index contributed by atoms with van der Waals surface area (Å²) in [6.45, 7) is 0.569. The minimum absolute atomic E-state index is 0.0661. The number of hydrogen-bond acceptors (Lipinski definition) is 4. The van der Waals surface area contributed by atoms with E-state index in [-0.39, 0.29) is 5.91 Å². The van der Waals surface area contributed by atoms with Crippen molar-refractivity contribution in [3.8, 4) is 5.69 Å². The maximum Gasteiger partial charge on any atom is 0.233 e. The van der Waals surface area contributed by atoms with Gasteiger partial charge in [-0.1, -0.05) is 64.1 Å². The molecule has 0 N–H and O–H groups in total. The Kier molecular flexibility index (Phi) is 5.82. The highest BCUT2D eigenvalue weighted by Gasteiger charge is 2.31. The van der Waals surface area contributed by atoms with Crippen LogP contribution in [0.5, 0.6) is 0 Å². The molecule has 2 aromatic carbocycles. The fourth-order valence-corrected chi connectivity index (χ4v) is 4.32. The van der Waals surface area contributed by atoms with E-state index in [9.17, 15) is 4.79 Å². The summed E-state index contributed by atoms with van der Waals surface area (Å²) in [5, 5.41) is 9.57. The van der Waals surface area contributed by atoms with Crippen LogP contribution in [-0.2, 0) is 11.3 Å². The van der Waals surface area contributed by atoms with Crippen LogP contribution in [0.2, 0.25) is 0 Å². The summed E-state index contributed by atoms with van der Waals surface area (Å²) in [7, 11) is 1.83. The Morgan fingerprint density at radius 3 is 2.57 bits per heavy atom. The van der Waals surface area contributed by atoms with E-state index in [0.717, 1.165) is 39.5 Å². The molecule has 3 aromatic rings. The maximum absolute atomic E-state index is 12.7. The summed E-state index contributed by atoms with van der Waals surface area (Å²) in [5.74, 6) is 1.88. The second-order valence-electron chi connectivity index (χ2n) is 6.92. The molecular weight excluding hydrogens is 436 g/mol.